The Bertz CT molecular complexity index is 457. The molecule has 2 rings (SSSR count). The summed E-state index contributed by atoms with van der Waals surface area (Å²) in [4.78, 5) is 0. The molecule has 2 aromatic carbocycles. The lowest BCUT2D eigenvalue weighted by atomic mass is 10.0. The summed E-state index contributed by atoms with van der Waals surface area (Å²) < 4.78 is 0. The fraction of sp³-hybridized carbons (Fsp3) is 0.0667. The molecule has 0 atom stereocenters. The van der Waals surface area contributed by atoms with Gasteiger partial charge in [-0.3, -0.25) is 0 Å². The van der Waals surface area contributed by atoms with Crippen molar-refractivity contribution in [2.45, 2.75) is 0 Å². The molecule has 0 fully saturated rings. The third-order valence-electron chi connectivity index (χ3n) is 2.43. The van der Waals surface area contributed by atoms with Crippen LogP contribution in [0.25, 0.3) is 11.6 Å². The van der Waals surface area contributed by atoms with Crippen LogP contribution in [0, 0.1) is 0 Å². The Kier molecular flexibility index (Phi) is 3.95. The van der Waals surface area contributed by atoms with Gasteiger partial charge in [-0.05, 0) is 16.7 Å². The molecule has 0 aliphatic rings. The number of halogens is 1. The van der Waals surface area contributed by atoms with Crippen LogP contribution in [0.4, 0.5) is 0 Å². The van der Waals surface area contributed by atoms with E-state index in [4.69, 9.17) is 0 Å². The number of hydrogen-bond donors (Lipinski definition) is 0. The van der Waals surface area contributed by atoms with Gasteiger partial charge in [-0.1, -0.05) is 82.7 Å². The van der Waals surface area contributed by atoms with Crippen LogP contribution in [0.3, 0.4) is 0 Å². The van der Waals surface area contributed by atoms with Crippen molar-refractivity contribution >= 4 is 27.6 Å². The van der Waals surface area contributed by atoms with Gasteiger partial charge >= 0.3 is 0 Å². The molecule has 0 nitrogen and oxygen atoms in total. The minimum Gasteiger partial charge on any atom is -0.0876 e. The van der Waals surface area contributed by atoms with E-state index >= 15 is 0 Å². The van der Waals surface area contributed by atoms with Crippen LogP contribution >= 0.6 is 15.9 Å². The summed E-state index contributed by atoms with van der Waals surface area (Å²) in [5, 5.41) is 0.867. The molecule has 0 saturated heterocycles. The van der Waals surface area contributed by atoms with Crippen LogP contribution in [0.15, 0.2) is 60.7 Å². The van der Waals surface area contributed by atoms with Crippen LogP contribution in [0.5, 0.6) is 0 Å². The first-order chi connectivity index (χ1) is 7.90. The van der Waals surface area contributed by atoms with Gasteiger partial charge in [0.1, 0.15) is 0 Å². The van der Waals surface area contributed by atoms with Gasteiger partial charge in [0.25, 0.3) is 0 Å². The summed E-state index contributed by atoms with van der Waals surface area (Å²) in [6.07, 6.45) is 2.21. The van der Waals surface area contributed by atoms with Crippen molar-refractivity contribution in [3.05, 3.63) is 71.8 Å². The molecule has 0 saturated carbocycles. The molecule has 0 spiro atoms. The van der Waals surface area contributed by atoms with Gasteiger partial charge in [-0.15, -0.1) is 0 Å². The quantitative estimate of drug-likeness (QED) is 0.565. The summed E-state index contributed by atoms with van der Waals surface area (Å²) in [7, 11) is 0. The van der Waals surface area contributed by atoms with Gasteiger partial charge in [-0.25, -0.2) is 0 Å². The first kappa shape index (κ1) is 11.2. The molecule has 0 radical (unpaired) electrons. The number of rotatable bonds is 3. The third-order valence-corrected chi connectivity index (χ3v) is 3.03. The van der Waals surface area contributed by atoms with Crippen molar-refractivity contribution in [2.24, 2.45) is 0 Å². The lowest BCUT2D eigenvalue weighted by molar-refractivity contribution is 1.58. The summed E-state index contributed by atoms with van der Waals surface area (Å²) in [5.41, 5.74) is 3.80. The van der Waals surface area contributed by atoms with Gasteiger partial charge in [0.15, 0.2) is 0 Å². The Morgan fingerprint density at radius 3 is 2.00 bits per heavy atom. The molecule has 0 unspecified atom stereocenters. The van der Waals surface area contributed by atoms with Crippen molar-refractivity contribution in [1.82, 2.24) is 0 Å². The third kappa shape index (κ3) is 2.83. The van der Waals surface area contributed by atoms with E-state index < -0.39 is 0 Å². The average Bonchev–Trinajstić information content (AvgIpc) is 2.38. The Morgan fingerprint density at radius 2 is 1.44 bits per heavy atom. The van der Waals surface area contributed by atoms with E-state index in [0.29, 0.717) is 0 Å². The minimum atomic E-state index is 0.867. The van der Waals surface area contributed by atoms with E-state index in [0.717, 1.165) is 5.33 Å². The molecule has 2 aromatic rings. The highest BCUT2D eigenvalue weighted by Crippen LogP contribution is 2.19. The number of allylic oxidation sites excluding steroid dienone is 1. The highest BCUT2D eigenvalue weighted by atomic mass is 79.9. The van der Waals surface area contributed by atoms with Crippen LogP contribution in [-0.4, -0.2) is 5.33 Å². The Labute approximate surface area is 105 Å². The van der Waals surface area contributed by atoms with Gasteiger partial charge in [0.2, 0.25) is 0 Å². The highest BCUT2D eigenvalue weighted by molar-refractivity contribution is 9.09. The summed E-state index contributed by atoms with van der Waals surface area (Å²) in [6.45, 7) is 0. The van der Waals surface area contributed by atoms with Crippen molar-refractivity contribution in [1.29, 1.82) is 0 Å². The average molecular weight is 273 g/mol. The van der Waals surface area contributed by atoms with E-state index in [1.807, 2.05) is 12.1 Å². The van der Waals surface area contributed by atoms with Crippen molar-refractivity contribution in [3.8, 4) is 0 Å². The molecule has 0 aliphatic heterocycles. The Hall–Kier alpha value is -1.34. The van der Waals surface area contributed by atoms with Crippen molar-refractivity contribution in [2.75, 3.05) is 5.33 Å². The number of alkyl halides is 1. The summed E-state index contributed by atoms with van der Waals surface area (Å²) >= 11 is 3.54. The molecule has 0 aliphatic carbocycles. The zero-order valence-electron chi connectivity index (χ0n) is 8.94. The van der Waals surface area contributed by atoms with E-state index in [1.165, 1.54) is 16.7 Å². The zero-order valence-corrected chi connectivity index (χ0v) is 10.5. The molecule has 0 amide bonds. The maximum atomic E-state index is 3.54. The minimum absolute atomic E-state index is 0.867. The van der Waals surface area contributed by atoms with Crippen molar-refractivity contribution < 1.29 is 0 Å². The summed E-state index contributed by atoms with van der Waals surface area (Å²) in [5.74, 6) is 0. The van der Waals surface area contributed by atoms with Gasteiger partial charge < -0.3 is 0 Å². The Morgan fingerprint density at radius 1 is 0.875 bits per heavy atom. The largest absolute Gasteiger partial charge is 0.0876 e. The second-order valence-corrected chi connectivity index (χ2v) is 4.14. The maximum absolute atomic E-state index is 3.54. The van der Waals surface area contributed by atoms with Crippen LogP contribution < -0.4 is 0 Å². The molecule has 0 aromatic heterocycles. The van der Waals surface area contributed by atoms with Gasteiger partial charge in [0, 0.05) is 5.33 Å². The van der Waals surface area contributed by atoms with E-state index in [1.54, 1.807) is 0 Å². The smallest absolute Gasteiger partial charge is 0.0289 e. The molecule has 0 bridgehead atoms. The molecule has 16 heavy (non-hydrogen) atoms. The monoisotopic (exact) mass is 272 g/mol. The topological polar surface area (TPSA) is 0 Å². The molecule has 1 heteroatoms. The first-order valence-electron chi connectivity index (χ1n) is 5.27. The molecular weight excluding hydrogens is 260 g/mol. The molecular formula is C15H13Br. The standard InChI is InChI=1S/C15H13Br/c16-12-15(14-9-5-2-6-10-14)11-13-7-3-1-4-8-13/h1-11H,12H2/b15-11+. The van der Waals surface area contributed by atoms with E-state index in [9.17, 15) is 0 Å². The normalized spacial score (nSPS) is 11.4. The van der Waals surface area contributed by atoms with Crippen LogP contribution in [-0.2, 0) is 0 Å². The molecule has 80 valence electrons. The SMILES string of the molecule is BrC/C(=C\c1ccccc1)c1ccccc1. The second kappa shape index (κ2) is 5.66. The molecule has 0 heterocycles. The van der Waals surface area contributed by atoms with E-state index in [-0.39, 0.29) is 0 Å². The lowest BCUT2D eigenvalue weighted by Gasteiger charge is -2.04. The zero-order chi connectivity index (χ0) is 11.2. The first-order valence-corrected chi connectivity index (χ1v) is 6.39. The lowest BCUT2D eigenvalue weighted by Crippen LogP contribution is -1.85. The van der Waals surface area contributed by atoms with Crippen LogP contribution in [0.1, 0.15) is 11.1 Å². The van der Waals surface area contributed by atoms with E-state index in [2.05, 4.69) is 70.5 Å². The summed E-state index contributed by atoms with van der Waals surface area (Å²) in [6, 6.07) is 20.8. The Balaban J connectivity index is 2.34. The number of hydrogen-bond acceptors (Lipinski definition) is 0. The highest BCUT2D eigenvalue weighted by Gasteiger charge is 1.98. The second-order valence-electron chi connectivity index (χ2n) is 3.58. The van der Waals surface area contributed by atoms with Crippen molar-refractivity contribution in [3.63, 3.8) is 0 Å². The fourth-order valence-corrected chi connectivity index (χ4v) is 2.09. The van der Waals surface area contributed by atoms with Crippen LogP contribution in [0.2, 0.25) is 0 Å². The fourth-order valence-electron chi connectivity index (χ4n) is 1.60. The predicted molar refractivity (Wildman–Crippen MR) is 74.5 cm³/mol. The number of benzene rings is 2. The van der Waals surface area contributed by atoms with Gasteiger partial charge in [-0.2, -0.15) is 0 Å². The maximum Gasteiger partial charge on any atom is 0.0289 e. The molecule has 0 N–H and O–H groups in total. The van der Waals surface area contributed by atoms with Gasteiger partial charge in [0.05, 0.1) is 0 Å². The predicted octanol–water partition coefficient (Wildman–Crippen LogP) is 4.62.